The highest BCUT2D eigenvalue weighted by Gasteiger charge is 2.15. The van der Waals surface area contributed by atoms with Crippen molar-refractivity contribution >= 4 is 17.8 Å². The Morgan fingerprint density at radius 3 is 2.28 bits per heavy atom. The summed E-state index contributed by atoms with van der Waals surface area (Å²) >= 11 is 0. The van der Waals surface area contributed by atoms with Gasteiger partial charge in [0.15, 0.2) is 0 Å². The third-order valence-electron chi connectivity index (χ3n) is 2.19. The second-order valence-corrected chi connectivity index (χ2v) is 3.60. The smallest absolute Gasteiger partial charge is 0.336 e. The highest BCUT2D eigenvalue weighted by atomic mass is 16.4. The van der Waals surface area contributed by atoms with Crippen LogP contribution in [0.4, 0.5) is 0 Å². The van der Waals surface area contributed by atoms with Crippen LogP contribution < -0.4 is 10.9 Å². The summed E-state index contributed by atoms with van der Waals surface area (Å²) in [4.78, 5) is 33.7. The van der Waals surface area contributed by atoms with Gasteiger partial charge in [-0.25, -0.2) is 4.79 Å². The van der Waals surface area contributed by atoms with E-state index in [1.165, 1.54) is 18.2 Å². The normalized spacial score (nSPS) is 9.61. The lowest BCUT2D eigenvalue weighted by atomic mass is 10.1. The lowest BCUT2D eigenvalue weighted by Crippen LogP contribution is -2.41. The molecular weight excluding hydrogens is 236 g/mol. The maximum absolute atomic E-state index is 11.7. The molecule has 0 unspecified atom stereocenters. The van der Waals surface area contributed by atoms with Crippen molar-refractivity contribution in [2.45, 2.75) is 19.8 Å². The summed E-state index contributed by atoms with van der Waals surface area (Å²) in [6.45, 7) is 1.83. The van der Waals surface area contributed by atoms with Crippen molar-refractivity contribution in [2.75, 3.05) is 0 Å². The van der Waals surface area contributed by atoms with Gasteiger partial charge in [-0.3, -0.25) is 20.4 Å². The van der Waals surface area contributed by atoms with Gasteiger partial charge in [0.2, 0.25) is 5.91 Å². The Morgan fingerprint density at radius 2 is 1.72 bits per heavy atom. The van der Waals surface area contributed by atoms with Crippen molar-refractivity contribution in [3.63, 3.8) is 0 Å². The molecule has 0 radical (unpaired) electrons. The minimum absolute atomic E-state index is 0.00167. The van der Waals surface area contributed by atoms with Crippen LogP contribution in [0.3, 0.4) is 0 Å². The zero-order valence-corrected chi connectivity index (χ0v) is 9.90. The van der Waals surface area contributed by atoms with E-state index in [0.29, 0.717) is 12.8 Å². The van der Waals surface area contributed by atoms with E-state index in [0.717, 1.165) is 0 Å². The van der Waals surface area contributed by atoms with E-state index >= 15 is 0 Å². The van der Waals surface area contributed by atoms with Crippen molar-refractivity contribution in [3.05, 3.63) is 35.4 Å². The van der Waals surface area contributed by atoms with Crippen molar-refractivity contribution in [2.24, 2.45) is 0 Å². The number of carboxylic acids is 1. The third-order valence-corrected chi connectivity index (χ3v) is 2.19. The molecule has 0 saturated carbocycles. The minimum Gasteiger partial charge on any atom is -0.478 e. The standard InChI is InChI=1S/C12H14N2O4/c1-2-5-10(15)13-14-11(16)8-6-3-4-7-9(8)12(17)18/h3-4,6-7H,2,5H2,1H3,(H,13,15)(H,14,16)(H,17,18). The van der Waals surface area contributed by atoms with Crippen LogP contribution in [0.5, 0.6) is 0 Å². The number of aromatic carboxylic acids is 1. The average Bonchev–Trinajstić information content (AvgIpc) is 2.36. The number of carboxylic acid groups (broad SMARTS) is 1. The number of amides is 2. The maximum Gasteiger partial charge on any atom is 0.336 e. The second kappa shape index (κ2) is 6.39. The SMILES string of the molecule is CCCC(=O)NNC(=O)c1ccccc1C(=O)O. The van der Waals surface area contributed by atoms with Crippen LogP contribution in [0.2, 0.25) is 0 Å². The van der Waals surface area contributed by atoms with Crippen LogP contribution in [0.25, 0.3) is 0 Å². The molecule has 3 N–H and O–H groups in total. The van der Waals surface area contributed by atoms with Crippen molar-refractivity contribution in [1.82, 2.24) is 10.9 Å². The fourth-order valence-corrected chi connectivity index (χ4v) is 1.35. The zero-order chi connectivity index (χ0) is 13.5. The van der Waals surface area contributed by atoms with Crippen molar-refractivity contribution in [1.29, 1.82) is 0 Å². The number of carbonyl (C=O) groups is 3. The largest absolute Gasteiger partial charge is 0.478 e. The van der Waals surface area contributed by atoms with Crippen LogP contribution in [0.15, 0.2) is 24.3 Å². The summed E-state index contributed by atoms with van der Waals surface area (Å²) in [5.74, 6) is -2.17. The number of rotatable bonds is 4. The molecule has 0 aliphatic rings. The van der Waals surface area contributed by atoms with Gasteiger partial charge < -0.3 is 5.11 Å². The van der Waals surface area contributed by atoms with Gasteiger partial charge in [-0.2, -0.15) is 0 Å². The van der Waals surface area contributed by atoms with E-state index in [1.54, 1.807) is 6.07 Å². The summed E-state index contributed by atoms with van der Waals surface area (Å²) in [6.07, 6.45) is 0.953. The monoisotopic (exact) mass is 250 g/mol. The molecule has 1 rings (SSSR count). The van der Waals surface area contributed by atoms with Gasteiger partial charge in [0.25, 0.3) is 5.91 Å². The summed E-state index contributed by atoms with van der Waals surface area (Å²) < 4.78 is 0. The van der Waals surface area contributed by atoms with Gasteiger partial charge in [-0.05, 0) is 18.6 Å². The molecule has 0 bridgehead atoms. The molecule has 18 heavy (non-hydrogen) atoms. The molecule has 0 fully saturated rings. The van der Waals surface area contributed by atoms with Crippen LogP contribution in [-0.2, 0) is 4.79 Å². The summed E-state index contributed by atoms with van der Waals surface area (Å²) in [5.41, 5.74) is 4.28. The number of benzene rings is 1. The molecule has 0 heterocycles. The van der Waals surface area contributed by atoms with Gasteiger partial charge in [-0.15, -0.1) is 0 Å². The Hall–Kier alpha value is -2.37. The predicted octanol–water partition coefficient (Wildman–Crippen LogP) is 0.946. The van der Waals surface area contributed by atoms with E-state index in [9.17, 15) is 14.4 Å². The first-order valence-corrected chi connectivity index (χ1v) is 5.47. The number of carbonyl (C=O) groups excluding carboxylic acids is 2. The molecule has 6 nitrogen and oxygen atoms in total. The van der Waals surface area contributed by atoms with E-state index in [-0.39, 0.29) is 17.0 Å². The fraction of sp³-hybridized carbons (Fsp3) is 0.250. The molecule has 0 saturated heterocycles. The minimum atomic E-state index is -1.19. The van der Waals surface area contributed by atoms with Gasteiger partial charge in [-0.1, -0.05) is 19.1 Å². The van der Waals surface area contributed by atoms with Gasteiger partial charge in [0.05, 0.1) is 11.1 Å². The maximum atomic E-state index is 11.7. The summed E-state index contributed by atoms with van der Waals surface area (Å²) in [7, 11) is 0. The second-order valence-electron chi connectivity index (χ2n) is 3.60. The molecular formula is C12H14N2O4. The first-order chi connectivity index (χ1) is 8.56. The zero-order valence-electron chi connectivity index (χ0n) is 9.90. The molecule has 2 amide bonds. The number of hydrogen-bond donors (Lipinski definition) is 3. The van der Waals surface area contributed by atoms with Gasteiger partial charge in [0, 0.05) is 6.42 Å². The highest BCUT2D eigenvalue weighted by Crippen LogP contribution is 2.08. The van der Waals surface area contributed by atoms with E-state index in [4.69, 9.17) is 5.11 Å². The Kier molecular flexibility index (Phi) is 4.86. The number of hydrogen-bond acceptors (Lipinski definition) is 3. The average molecular weight is 250 g/mol. The number of nitrogens with one attached hydrogen (secondary N) is 2. The highest BCUT2D eigenvalue weighted by molar-refractivity contribution is 6.05. The molecule has 1 aromatic rings. The lowest BCUT2D eigenvalue weighted by molar-refractivity contribution is -0.121. The van der Waals surface area contributed by atoms with E-state index < -0.39 is 11.9 Å². The Balaban J connectivity index is 2.73. The lowest BCUT2D eigenvalue weighted by Gasteiger charge is -2.08. The fourth-order valence-electron chi connectivity index (χ4n) is 1.35. The van der Waals surface area contributed by atoms with E-state index in [1.807, 2.05) is 6.92 Å². The molecule has 0 spiro atoms. The van der Waals surface area contributed by atoms with Crippen molar-refractivity contribution in [3.8, 4) is 0 Å². The molecule has 6 heteroatoms. The first-order valence-electron chi connectivity index (χ1n) is 5.47. The molecule has 96 valence electrons. The van der Waals surface area contributed by atoms with Crippen molar-refractivity contribution < 1.29 is 19.5 Å². The molecule has 0 aliphatic carbocycles. The van der Waals surface area contributed by atoms with Gasteiger partial charge in [0.1, 0.15) is 0 Å². The van der Waals surface area contributed by atoms with Gasteiger partial charge >= 0.3 is 5.97 Å². The third kappa shape index (κ3) is 3.58. The molecule has 0 aromatic heterocycles. The Bertz CT molecular complexity index is 471. The van der Waals surface area contributed by atoms with Crippen LogP contribution in [0, 0.1) is 0 Å². The Morgan fingerprint density at radius 1 is 1.11 bits per heavy atom. The summed E-state index contributed by atoms with van der Waals surface area (Å²) in [5, 5.41) is 8.91. The van der Waals surface area contributed by atoms with E-state index in [2.05, 4.69) is 10.9 Å². The molecule has 1 aromatic carbocycles. The van der Waals surface area contributed by atoms with Crippen LogP contribution >= 0.6 is 0 Å². The Labute approximate surface area is 104 Å². The van der Waals surface area contributed by atoms with Crippen LogP contribution in [0.1, 0.15) is 40.5 Å². The quantitative estimate of drug-likeness (QED) is 0.693. The summed E-state index contributed by atoms with van der Waals surface area (Å²) in [6, 6.07) is 5.78. The topological polar surface area (TPSA) is 95.5 Å². The molecule has 0 atom stereocenters. The first kappa shape index (κ1) is 13.7. The van der Waals surface area contributed by atoms with Crippen LogP contribution in [-0.4, -0.2) is 22.9 Å². The molecule has 0 aliphatic heterocycles. The predicted molar refractivity (Wildman–Crippen MR) is 63.9 cm³/mol. The number of hydrazine groups is 1.